The Bertz CT molecular complexity index is 586. The fourth-order valence-electron chi connectivity index (χ4n) is 1.54. The molecule has 0 aliphatic heterocycles. The summed E-state index contributed by atoms with van der Waals surface area (Å²) in [6, 6.07) is 9.44. The van der Waals surface area contributed by atoms with Crippen molar-refractivity contribution in [2.24, 2.45) is 0 Å². The van der Waals surface area contributed by atoms with E-state index in [9.17, 15) is 4.55 Å². The summed E-state index contributed by atoms with van der Waals surface area (Å²) in [5.74, 6) is 0. The van der Waals surface area contributed by atoms with Gasteiger partial charge in [0, 0.05) is 21.5 Å². The minimum atomic E-state index is -1.15. The Morgan fingerprint density at radius 1 is 1.35 bits per heavy atom. The molecule has 0 spiro atoms. The van der Waals surface area contributed by atoms with Crippen LogP contribution in [-0.2, 0) is 11.2 Å². The predicted molar refractivity (Wildman–Crippen MR) is 71.8 cm³/mol. The summed E-state index contributed by atoms with van der Waals surface area (Å²) in [6.45, 7) is 0. The Labute approximate surface area is 112 Å². The van der Waals surface area contributed by atoms with Gasteiger partial charge in [0.05, 0.1) is 0 Å². The van der Waals surface area contributed by atoms with Gasteiger partial charge in [-0.15, -0.1) is 0 Å². The molecule has 17 heavy (non-hydrogen) atoms. The molecule has 0 amide bonds. The lowest BCUT2D eigenvalue weighted by Crippen LogP contribution is -1.96. The monoisotopic (exact) mass is 281 g/mol. The van der Waals surface area contributed by atoms with Gasteiger partial charge in [0.1, 0.15) is 17.9 Å². The first-order chi connectivity index (χ1) is 8.15. The molecule has 0 aliphatic rings. The van der Waals surface area contributed by atoms with Gasteiger partial charge in [-0.3, -0.25) is 0 Å². The van der Waals surface area contributed by atoms with Crippen LogP contribution in [-0.4, -0.2) is 10.8 Å². The van der Waals surface area contributed by atoms with E-state index < -0.39 is 11.2 Å². The van der Waals surface area contributed by atoms with Gasteiger partial charge in [-0.1, -0.05) is 41.1 Å². The maximum atomic E-state index is 11.5. The molecule has 0 aliphatic carbocycles. The minimum Gasteiger partial charge on any atom is -0.611 e. The number of nitrogens with zero attached hydrogens (tertiary/aromatic N) is 1. The Balaban J connectivity index is 2.62. The molecule has 2 aromatic rings. The third-order valence-electron chi connectivity index (χ3n) is 2.29. The van der Waals surface area contributed by atoms with Crippen LogP contribution in [0.25, 0.3) is 11.1 Å². The van der Waals surface area contributed by atoms with Crippen molar-refractivity contribution >= 4 is 34.1 Å². The molecule has 0 N–H and O–H groups in total. The highest BCUT2D eigenvalue weighted by molar-refractivity contribution is 7.92. The molecule has 0 fully saturated rings. The molecule has 0 saturated carbocycles. The summed E-state index contributed by atoms with van der Waals surface area (Å²) >= 11 is 6.28. The molecule has 0 radical (unpaired) electrons. The van der Waals surface area contributed by atoms with Crippen molar-refractivity contribution in [3.8, 4) is 17.2 Å². The molecule has 0 saturated heterocycles. The lowest BCUT2D eigenvalue weighted by atomic mass is 10.1. The zero-order valence-corrected chi connectivity index (χ0v) is 11.3. The van der Waals surface area contributed by atoms with Crippen molar-refractivity contribution in [3.63, 3.8) is 0 Å². The number of halogens is 1. The first-order valence-corrected chi connectivity index (χ1v) is 7.56. The molecule has 2 rings (SSSR count). The number of benzene rings is 1. The van der Waals surface area contributed by atoms with Gasteiger partial charge < -0.3 is 4.55 Å². The molecule has 1 atom stereocenters. The van der Waals surface area contributed by atoms with Crippen molar-refractivity contribution in [1.29, 1.82) is 5.26 Å². The predicted octanol–water partition coefficient (Wildman–Crippen LogP) is 3.68. The molecular weight excluding hydrogens is 274 g/mol. The summed E-state index contributed by atoms with van der Waals surface area (Å²) in [5.41, 5.74) is 2.02. The Hall–Kier alpha value is -0.990. The van der Waals surface area contributed by atoms with Crippen LogP contribution >= 0.6 is 22.9 Å². The highest BCUT2D eigenvalue weighted by atomic mass is 35.5. The van der Waals surface area contributed by atoms with Gasteiger partial charge in [-0.2, -0.15) is 5.26 Å². The van der Waals surface area contributed by atoms with Gasteiger partial charge in [0.15, 0.2) is 0 Å². The lowest BCUT2D eigenvalue weighted by Gasteiger charge is -2.03. The van der Waals surface area contributed by atoms with Gasteiger partial charge in [0.25, 0.3) is 0 Å². The van der Waals surface area contributed by atoms with Crippen LogP contribution in [0.4, 0.5) is 0 Å². The SMILES string of the molecule is C[S+]([O-])c1scc(-c2ccccc2Cl)c1C#N. The number of rotatable bonds is 2. The Morgan fingerprint density at radius 2 is 2.06 bits per heavy atom. The quantitative estimate of drug-likeness (QED) is 0.789. The molecule has 1 aromatic heterocycles. The van der Waals surface area contributed by atoms with E-state index in [2.05, 4.69) is 6.07 Å². The summed E-state index contributed by atoms with van der Waals surface area (Å²) in [4.78, 5) is 0. The molecule has 1 unspecified atom stereocenters. The first kappa shape index (κ1) is 12.5. The molecule has 86 valence electrons. The summed E-state index contributed by atoms with van der Waals surface area (Å²) in [6.07, 6.45) is 1.57. The molecular formula is C12H8ClNOS2. The second-order valence-corrected chi connectivity index (χ2v) is 6.22. The van der Waals surface area contributed by atoms with Gasteiger partial charge >= 0.3 is 0 Å². The largest absolute Gasteiger partial charge is 0.611 e. The minimum absolute atomic E-state index is 0.462. The maximum Gasteiger partial charge on any atom is 0.224 e. The zero-order valence-electron chi connectivity index (χ0n) is 8.94. The smallest absolute Gasteiger partial charge is 0.224 e. The van der Waals surface area contributed by atoms with E-state index in [0.29, 0.717) is 14.8 Å². The van der Waals surface area contributed by atoms with E-state index in [4.69, 9.17) is 16.9 Å². The van der Waals surface area contributed by atoms with Crippen LogP contribution in [0, 0.1) is 11.3 Å². The van der Waals surface area contributed by atoms with Crippen LogP contribution in [0.15, 0.2) is 33.9 Å². The second-order valence-electron chi connectivity index (χ2n) is 3.36. The third kappa shape index (κ3) is 2.33. The number of thiophene rings is 1. The molecule has 5 heteroatoms. The van der Waals surface area contributed by atoms with Crippen LogP contribution in [0.2, 0.25) is 5.02 Å². The third-order valence-corrected chi connectivity index (χ3v) is 5.11. The van der Waals surface area contributed by atoms with Crippen LogP contribution in [0.5, 0.6) is 0 Å². The van der Waals surface area contributed by atoms with Crippen LogP contribution < -0.4 is 0 Å². The average molecular weight is 282 g/mol. The number of hydrogen-bond donors (Lipinski definition) is 0. The Kier molecular flexibility index (Phi) is 3.75. The van der Waals surface area contributed by atoms with E-state index in [0.717, 1.165) is 11.1 Å². The van der Waals surface area contributed by atoms with Crippen LogP contribution in [0.1, 0.15) is 5.56 Å². The first-order valence-electron chi connectivity index (χ1n) is 4.75. The van der Waals surface area contributed by atoms with Gasteiger partial charge in [-0.05, 0) is 17.2 Å². The normalized spacial score (nSPS) is 12.1. The van der Waals surface area contributed by atoms with Crippen molar-refractivity contribution in [2.75, 3.05) is 6.26 Å². The summed E-state index contributed by atoms with van der Waals surface area (Å²) in [5, 5.41) is 11.6. The lowest BCUT2D eigenvalue weighted by molar-refractivity contribution is 0.602. The zero-order chi connectivity index (χ0) is 12.4. The summed E-state index contributed by atoms with van der Waals surface area (Å²) in [7, 11) is 0. The van der Waals surface area contributed by atoms with E-state index in [-0.39, 0.29) is 0 Å². The topological polar surface area (TPSA) is 46.8 Å². The molecule has 2 nitrogen and oxygen atoms in total. The highest BCUT2D eigenvalue weighted by Gasteiger charge is 2.20. The van der Waals surface area contributed by atoms with E-state index in [1.165, 1.54) is 11.3 Å². The van der Waals surface area contributed by atoms with Crippen molar-refractivity contribution in [1.82, 2.24) is 0 Å². The van der Waals surface area contributed by atoms with Crippen molar-refractivity contribution in [3.05, 3.63) is 40.2 Å². The Morgan fingerprint density at radius 3 is 2.65 bits per heavy atom. The molecule has 0 bridgehead atoms. The number of nitriles is 1. The van der Waals surface area contributed by atoms with Gasteiger partial charge in [0.2, 0.25) is 4.21 Å². The fraction of sp³-hybridized carbons (Fsp3) is 0.0833. The second kappa shape index (κ2) is 5.11. The van der Waals surface area contributed by atoms with Gasteiger partial charge in [-0.25, -0.2) is 0 Å². The fourth-order valence-corrected chi connectivity index (χ4v) is 3.65. The standard InChI is InChI=1S/C12H8ClNOS2/c1-17(15)12-9(6-14)10(7-16-12)8-4-2-3-5-11(8)13/h2-5,7H,1H3. The van der Waals surface area contributed by atoms with E-state index in [1.54, 1.807) is 12.3 Å². The highest BCUT2D eigenvalue weighted by Crippen LogP contribution is 2.37. The number of hydrogen-bond acceptors (Lipinski definition) is 3. The van der Waals surface area contributed by atoms with Crippen LogP contribution in [0.3, 0.4) is 0 Å². The van der Waals surface area contributed by atoms with Crippen molar-refractivity contribution < 1.29 is 4.55 Å². The summed E-state index contributed by atoms with van der Waals surface area (Å²) < 4.78 is 12.1. The maximum absolute atomic E-state index is 11.5. The molecule has 1 aromatic carbocycles. The molecule has 1 heterocycles. The van der Waals surface area contributed by atoms with E-state index in [1.807, 2.05) is 23.6 Å². The van der Waals surface area contributed by atoms with E-state index >= 15 is 0 Å². The van der Waals surface area contributed by atoms with Crippen molar-refractivity contribution in [2.45, 2.75) is 4.21 Å². The average Bonchev–Trinajstić information content (AvgIpc) is 2.73.